The second kappa shape index (κ2) is 7.37. The van der Waals surface area contributed by atoms with E-state index in [1.165, 1.54) is 0 Å². The summed E-state index contributed by atoms with van der Waals surface area (Å²) < 4.78 is 13.3. The Kier molecular flexibility index (Phi) is 4.58. The fraction of sp³-hybridized carbons (Fsp3) is 0.450. The fourth-order valence-corrected chi connectivity index (χ4v) is 3.99. The molecule has 8 heteroatoms. The smallest absolute Gasteiger partial charge is 0.274 e. The zero-order valence-corrected chi connectivity index (χ0v) is 15.6. The lowest BCUT2D eigenvalue weighted by atomic mass is 10.00. The third kappa shape index (κ3) is 3.41. The van der Waals surface area contributed by atoms with E-state index >= 15 is 0 Å². The van der Waals surface area contributed by atoms with Gasteiger partial charge in [0, 0.05) is 56.9 Å². The Bertz CT molecular complexity index is 1000. The Morgan fingerprint density at radius 2 is 2.11 bits per heavy atom. The Balaban J connectivity index is 1.28. The number of hydrogen-bond acceptors (Lipinski definition) is 6. The van der Waals surface area contributed by atoms with Crippen molar-refractivity contribution in [2.75, 3.05) is 26.3 Å². The van der Waals surface area contributed by atoms with Crippen molar-refractivity contribution < 1.29 is 9.47 Å². The predicted molar refractivity (Wildman–Crippen MR) is 103 cm³/mol. The van der Waals surface area contributed by atoms with E-state index in [4.69, 9.17) is 9.47 Å². The van der Waals surface area contributed by atoms with Crippen LogP contribution < -0.4 is 10.3 Å². The first-order chi connectivity index (χ1) is 13.8. The van der Waals surface area contributed by atoms with Crippen molar-refractivity contribution in [3.63, 3.8) is 0 Å². The standard InChI is InChI=1S/C20H23N5O3/c26-20-18-9-22-19(14-3-6-27-7-4-14)25(18)11-15(23-20)10-24-12-17(13-24)28-16-2-1-5-21-8-16/h1-2,5,8-9,11,14,17H,3-4,6-7,10,12-13H2,(H,23,26). The van der Waals surface area contributed by atoms with Gasteiger partial charge in [-0.2, -0.15) is 0 Å². The van der Waals surface area contributed by atoms with E-state index in [0.29, 0.717) is 18.0 Å². The van der Waals surface area contributed by atoms with Gasteiger partial charge in [-0.1, -0.05) is 0 Å². The van der Waals surface area contributed by atoms with Crippen LogP contribution in [0, 0.1) is 0 Å². The van der Waals surface area contributed by atoms with Gasteiger partial charge in [-0.3, -0.25) is 19.1 Å². The highest BCUT2D eigenvalue weighted by Gasteiger charge is 2.29. The molecule has 3 aromatic rings. The van der Waals surface area contributed by atoms with Crippen molar-refractivity contribution >= 4 is 5.52 Å². The first-order valence-corrected chi connectivity index (χ1v) is 9.72. The summed E-state index contributed by atoms with van der Waals surface area (Å²) in [7, 11) is 0. The van der Waals surface area contributed by atoms with Gasteiger partial charge in [0.05, 0.1) is 12.4 Å². The van der Waals surface area contributed by atoms with Crippen molar-refractivity contribution in [2.24, 2.45) is 0 Å². The zero-order valence-electron chi connectivity index (χ0n) is 15.6. The van der Waals surface area contributed by atoms with Crippen LogP contribution in [-0.2, 0) is 11.3 Å². The molecule has 8 nitrogen and oxygen atoms in total. The number of imidazole rings is 1. The second-order valence-corrected chi connectivity index (χ2v) is 7.49. The number of pyridine rings is 1. The molecule has 5 rings (SSSR count). The largest absolute Gasteiger partial charge is 0.486 e. The van der Waals surface area contributed by atoms with E-state index in [1.54, 1.807) is 18.6 Å². The van der Waals surface area contributed by atoms with Crippen molar-refractivity contribution in [2.45, 2.75) is 31.4 Å². The number of rotatable bonds is 5. The summed E-state index contributed by atoms with van der Waals surface area (Å²) in [5, 5.41) is 0. The minimum Gasteiger partial charge on any atom is -0.486 e. The number of H-pyrrole nitrogens is 1. The molecule has 28 heavy (non-hydrogen) atoms. The number of nitrogens with one attached hydrogen (secondary N) is 1. The molecule has 0 radical (unpaired) electrons. The zero-order chi connectivity index (χ0) is 18.9. The van der Waals surface area contributed by atoms with Crippen LogP contribution in [-0.4, -0.2) is 56.7 Å². The quantitative estimate of drug-likeness (QED) is 0.722. The predicted octanol–water partition coefficient (Wildman–Crippen LogP) is 1.57. The van der Waals surface area contributed by atoms with Crippen LogP contribution in [0.1, 0.15) is 30.3 Å². The van der Waals surface area contributed by atoms with Gasteiger partial charge in [0.1, 0.15) is 23.2 Å². The minimum atomic E-state index is -0.0907. The second-order valence-electron chi connectivity index (χ2n) is 7.49. The molecule has 0 aliphatic carbocycles. The molecule has 1 N–H and O–H groups in total. The van der Waals surface area contributed by atoms with E-state index in [-0.39, 0.29) is 11.7 Å². The summed E-state index contributed by atoms with van der Waals surface area (Å²) in [5.41, 5.74) is 1.40. The summed E-state index contributed by atoms with van der Waals surface area (Å²) in [4.78, 5) is 26.4. The van der Waals surface area contributed by atoms with Gasteiger partial charge >= 0.3 is 0 Å². The summed E-state index contributed by atoms with van der Waals surface area (Å²) in [6, 6.07) is 3.78. The highest BCUT2D eigenvalue weighted by molar-refractivity contribution is 5.44. The summed E-state index contributed by atoms with van der Waals surface area (Å²) in [6.07, 6.45) is 9.20. The van der Waals surface area contributed by atoms with Gasteiger partial charge in [-0.15, -0.1) is 0 Å². The molecule has 0 bridgehead atoms. The van der Waals surface area contributed by atoms with Gasteiger partial charge in [0.15, 0.2) is 0 Å². The van der Waals surface area contributed by atoms with Crippen LogP contribution in [0.4, 0.5) is 0 Å². The number of aromatic nitrogens is 4. The van der Waals surface area contributed by atoms with Gasteiger partial charge in [0.2, 0.25) is 0 Å². The van der Waals surface area contributed by atoms with Crippen molar-refractivity contribution in [3.8, 4) is 5.75 Å². The lowest BCUT2D eigenvalue weighted by Gasteiger charge is -2.38. The molecule has 0 atom stereocenters. The number of hydrogen-bond donors (Lipinski definition) is 1. The van der Waals surface area contributed by atoms with Crippen LogP contribution in [0.15, 0.2) is 41.7 Å². The molecule has 146 valence electrons. The molecular formula is C20H23N5O3. The summed E-state index contributed by atoms with van der Waals surface area (Å²) in [6.45, 7) is 3.84. The SMILES string of the molecule is O=c1[nH]c(CN2CC(Oc3cccnc3)C2)cn2c(C3CCOCC3)ncc12. The van der Waals surface area contributed by atoms with E-state index in [9.17, 15) is 4.79 Å². The van der Waals surface area contributed by atoms with Crippen molar-refractivity contribution in [1.29, 1.82) is 0 Å². The number of ether oxygens (including phenoxy) is 2. The lowest BCUT2D eigenvalue weighted by Crippen LogP contribution is -2.53. The van der Waals surface area contributed by atoms with E-state index in [2.05, 4.69) is 19.9 Å². The van der Waals surface area contributed by atoms with Gasteiger partial charge in [-0.25, -0.2) is 4.98 Å². The van der Waals surface area contributed by atoms with Gasteiger partial charge in [-0.05, 0) is 25.0 Å². The summed E-state index contributed by atoms with van der Waals surface area (Å²) in [5.74, 6) is 2.10. The number of aromatic amines is 1. The Morgan fingerprint density at radius 3 is 2.89 bits per heavy atom. The molecule has 2 aliphatic rings. The monoisotopic (exact) mass is 381 g/mol. The molecule has 0 amide bonds. The average Bonchev–Trinajstić information content (AvgIpc) is 3.12. The molecular weight excluding hydrogens is 358 g/mol. The normalized spacial score (nSPS) is 19.0. The van der Waals surface area contributed by atoms with Crippen LogP contribution in [0.2, 0.25) is 0 Å². The third-order valence-electron chi connectivity index (χ3n) is 5.46. The topological polar surface area (TPSA) is 84.8 Å². The van der Waals surface area contributed by atoms with Crippen molar-refractivity contribution in [1.82, 2.24) is 24.3 Å². The molecule has 3 aromatic heterocycles. The highest BCUT2D eigenvalue weighted by Crippen LogP contribution is 2.26. The van der Waals surface area contributed by atoms with E-state index in [1.807, 2.05) is 22.7 Å². The Hall–Kier alpha value is -2.71. The number of likely N-dealkylation sites (tertiary alicyclic amines) is 1. The molecule has 0 saturated carbocycles. The van der Waals surface area contributed by atoms with E-state index in [0.717, 1.165) is 56.4 Å². The summed E-state index contributed by atoms with van der Waals surface area (Å²) >= 11 is 0. The Morgan fingerprint density at radius 1 is 1.25 bits per heavy atom. The average molecular weight is 381 g/mol. The van der Waals surface area contributed by atoms with Crippen LogP contribution >= 0.6 is 0 Å². The maximum Gasteiger partial charge on any atom is 0.274 e. The maximum absolute atomic E-state index is 12.5. The molecule has 5 heterocycles. The molecule has 0 unspecified atom stereocenters. The fourth-order valence-electron chi connectivity index (χ4n) is 3.99. The first kappa shape index (κ1) is 17.4. The maximum atomic E-state index is 12.5. The van der Waals surface area contributed by atoms with Crippen LogP contribution in [0.5, 0.6) is 5.75 Å². The first-order valence-electron chi connectivity index (χ1n) is 9.72. The van der Waals surface area contributed by atoms with Gasteiger partial charge in [0.25, 0.3) is 5.56 Å². The van der Waals surface area contributed by atoms with E-state index < -0.39 is 0 Å². The molecule has 2 saturated heterocycles. The number of nitrogens with zero attached hydrogens (tertiary/aromatic N) is 4. The minimum absolute atomic E-state index is 0.0907. The van der Waals surface area contributed by atoms with Crippen LogP contribution in [0.25, 0.3) is 5.52 Å². The van der Waals surface area contributed by atoms with Crippen LogP contribution in [0.3, 0.4) is 0 Å². The third-order valence-corrected chi connectivity index (χ3v) is 5.46. The Labute approximate surface area is 162 Å². The molecule has 0 spiro atoms. The molecule has 2 fully saturated rings. The molecule has 0 aromatic carbocycles. The lowest BCUT2D eigenvalue weighted by molar-refractivity contribution is 0.0135. The van der Waals surface area contributed by atoms with Crippen molar-refractivity contribution in [3.05, 3.63) is 58.8 Å². The van der Waals surface area contributed by atoms with Gasteiger partial charge < -0.3 is 14.5 Å². The number of fused-ring (bicyclic) bond motifs is 1. The molecule has 2 aliphatic heterocycles. The highest BCUT2D eigenvalue weighted by atomic mass is 16.5.